The Hall–Kier alpha value is -0.350. The van der Waals surface area contributed by atoms with E-state index in [2.05, 4.69) is 6.92 Å². The summed E-state index contributed by atoms with van der Waals surface area (Å²) in [6.45, 7) is 2.13. The molecule has 3 nitrogen and oxygen atoms in total. The van der Waals surface area contributed by atoms with Gasteiger partial charge in [-0.3, -0.25) is 0 Å². The van der Waals surface area contributed by atoms with Gasteiger partial charge in [0.1, 0.15) is 0 Å². The van der Waals surface area contributed by atoms with Gasteiger partial charge in [0.2, 0.25) is 0 Å². The van der Waals surface area contributed by atoms with Gasteiger partial charge < -0.3 is 5.11 Å². The average Bonchev–Trinajstić information content (AvgIpc) is 2.08. The fourth-order valence-corrected chi connectivity index (χ4v) is 4.03. The number of aliphatic hydroxyl groups is 1. The minimum atomic E-state index is -2.75. The van der Waals surface area contributed by atoms with Gasteiger partial charge in [-0.05, 0) is 31.1 Å². The molecule has 0 bridgehead atoms. The third-order valence-corrected chi connectivity index (χ3v) is 5.35. The Kier molecular flexibility index (Phi) is 2.67. The number of hydrogen-bond acceptors (Lipinski definition) is 3. The molecule has 0 spiro atoms. The normalized spacial score (nSPS) is 40.0. The standard InChI is InChI=1S/C11H18O3S/c1-9-2-4-11(12,5-3-9)6-10-7-15(13,14)8-10/h2,4,9-10,12H,3,5-8H2,1H3. The van der Waals surface area contributed by atoms with Crippen LogP contribution >= 0.6 is 0 Å². The van der Waals surface area contributed by atoms with Crippen molar-refractivity contribution in [3.05, 3.63) is 12.2 Å². The zero-order valence-corrected chi connectivity index (χ0v) is 9.83. The molecule has 0 aromatic heterocycles. The Balaban J connectivity index is 1.92. The third kappa shape index (κ3) is 2.61. The summed E-state index contributed by atoms with van der Waals surface area (Å²) in [5.41, 5.74) is -0.743. The van der Waals surface area contributed by atoms with Crippen molar-refractivity contribution in [1.29, 1.82) is 0 Å². The van der Waals surface area contributed by atoms with Gasteiger partial charge in [-0.2, -0.15) is 0 Å². The van der Waals surface area contributed by atoms with Gasteiger partial charge in [-0.25, -0.2) is 8.42 Å². The Morgan fingerprint density at radius 2 is 2.13 bits per heavy atom. The van der Waals surface area contributed by atoms with Crippen LogP contribution in [0.1, 0.15) is 26.2 Å². The maximum absolute atomic E-state index is 11.0. The summed E-state index contributed by atoms with van der Waals surface area (Å²) < 4.78 is 22.0. The molecule has 0 radical (unpaired) electrons. The first-order chi connectivity index (χ1) is 6.89. The summed E-state index contributed by atoms with van der Waals surface area (Å²) in [4.78, 5) is 0. The Labute approximate surface area is 91.1 Å². The van der Waals surface area contributed by atoms with Crippen LogP contribution in [0.5, 0.6) is 0 Å². The molecule has 0 amide bonds. The smallest absolute Gasteiger partial charge is 0.150 e. The number of allylic oxidation sites excluding steroid dienone is 1. The van der Waals surface area contributed by atoms with E-state index in [1.165, 1.54) is 0 Å². The SMILES string of the molecule is CC1C=CC(O)(CC2CS(=O)(=O)C2)CC1. The van der Waals surface area contributed by atoms with Gasteiger partial charge in [-0.15, -0.1) is 0 Å². The molecule has 2 unspecified atom stereocenters. The van der Waals surface area contributed by atoms with Gasteiger partial charge in [-0.1, -0.05) is 19.1 Å². The van der Waals surface area contributed by atoms with Crippen LogP contribution in [0.4, 0.5) is 0 Å². The molecule has 2 rings (SSSR count). The van der Waals surface area contributed by atoms with Crippen molar-refractivity contribution >= 4 is 9.84 Å². The van der Waals surface area contributed by atoms with Gasteiger partial charge in [0.05, 0.1) is 17.1 Å². The quantitative estimate of drug-likeness (QED) is 0.724. The van der Waals surface area contributed by atoms with Gasteiger partial charge >= 0.3 is 0 Å². The van der Waals surface area contributed by atoms with Crippen molar-refractivity contribution in [2.75, 3.05) is 11.5 Å². The van der Waals surface area contributed by atoms with Gasteiger partial charge in [0.15, 0.2) is 9.84 Å². The largest absolute Gasteiger partial charge is 0.386 e. The highest BCUT2D eigenvalue weighted by molar-refractivity contribution is 7.92. The van der Waals surface area contributed by atoms with E-state index in [1.807, 2.05) is 12.2 Å². The predicted molar refractivity (Wildman–Crippen MR) is 59.2 cm³/mol. The summed E-state index contributed by atoms with van der Waals surface area (Å²) in [7, 11) is -2.75. The topological polar surface area (TPSA) is 54.4 Å². The van der Waals surface area contributed by atoms with Crippen LogP contribution in [0.15, 0.2) is 12.2 Å². The van der Waals surface area contributed by atoms with Crippen LogP contribution in [0.3, 0.4) is 0 Å². The summed E-state index contributed by atoms with van der Waals surface area (Å²) in [5.74, 6) is 1.23. The van der Waals surface area contributed by atoms with Crippen LogP contribution in [0.25, 0.3) is 0 Å². The van der Waals surface area contributed by atoms with Gasteiger partial charge in [0, 0.05) is 0 Å². The zero-order chi connectivity index (χ0) is 11.1. The first kappa shape index (κ1) is 11.1. The maximum atomic E-state index is 11.0. The maximum Gasteiger partial charge on any atom is 0.150 e. The highest BCUT2D eigenvalue weighted by Crippen LogP contribution is 2.34. The summed E-state index contributed by atoms with van der Waals surface area (Å²) in [6, 6.07) is 0. The highest BCUT2D eigenvalue weighted by Gasteiger charge is 2.39. The molecule has 2 atom stereocenters. The Morgan fingerprint density at radius 1 is 1.47 bits per heavy atom. The van der Waals surface area contributed by atoms with E-state index < -0.39 is 15.4 Å². The molecule has 4 heteroatoms. The first-order valence-corrected chi connectivity index (χ1v) is 7.33. The van der Waals surface area contributed by atoms with Crippen LogP contribution in [-0.4, -0.2) is 30.6 Å². The third-order valence-electron chi connectivity index (χ3n) is 3.39. The van der Waals surface area contributed by atoms with Crippen LogP contribution < -0.4 is 0 Å². The minimum Gasteiger partial charge on any atom is -0.386 e. The lowest BCUT2D eigenvalue weighted by Gasteiger charge is -2.36. The van der Waals surface area contributed by atoms with Crippen molar-refractivity contribution in [2.24, 2.45) is 11.8 Å². The van der Waals surface area contributed by atoms with Crippen molar-refractivity contribution in [3.63, 3.8) is 0 Å². The molecule has 1 heterocycles. The summed E-state index contributed by atoms with van der Waals surface area (Å²) in [5, 5.41) is 10.2. The second kappa shape index (κ2) is 3.59. The van der Waals surface area contributed by atoms with E-state index in [0.717, 1.165) is 12.8 Å². The fraction of sp³-hybridized carbons (Fsp3) is 0.818. The predicted octanol–water partition coefficient (Wildman–Crippen LogP) is 1.14. The van der Waals surface area contributed by atoms with Gasteiger partial charge in [0.25, 0.3) is 0 Å². The molecule has 1 saturated heterocycles. The number of hydrogen-bond donors (Lipinski definition) is 1. The molecule has 1 aliphatic carbocycles. The summed E-state index contributed by atoms with van der Waals surface area (Å²) in [6.07, 6.45) is 6.27. The van der Waals surface area contributed by atoms with E-state index in [0.29, 0.717) is 12.3 Å². The Morgan fingerprint density at radius 3 is 2.60 bits per heavy atom. The Bertz CT molecular complexity index is 359. The molecule has 0 aromatic rings. The van der Waals surface area contributed by atoms with Crippen molar-refractivity contribution in [2.45, 2.75) is 31.8 Å². The van der Waals surface area contributed by atoms with Crippen molar-refractivity contribution in [3.8, 4) is 0 Å². The molecule has 0 saturated carbocycles. The van der Waals surface area contributed by atoms with E-state index in [1.54, 1.807) is 0 Å². The number of sulfone groups is 1. The highest BCUT2D eigenvalue weighted by atomic mass is 32.2. The molecule has 1 fully saturated rings. The lowest BCUT2D eigenvalue weighted by molar-refractivity contribution is 0.0476. The number of rotatable bonds is 2. The van der Waals surface area contributed by atoms with Crippen LogP contribution in [-0.2, 0) is 9.84 Å². The second-order valence-corrected chi connectivity index (χ2v) is 7.28. The van der Waals surface area contributed by atoms with E-state index in [4.69, 9.17) is 0 Å². The average molecular weight is 230 g/mol. The minimum absolute atomic E-state index is 0.165. The molecule has 2 aliphatic rings. The van der Waals surface area contributed by atoms with Crippen molar-refractivity contribution < 1.29 is 13.5 Å². The molecule has 15 heavy (non-hydrogen) atoms. The lowest BCUT2D eigenvalue weighted by Crippen LogP contribution is -2.43. The molecule has 1 aliphatic heterocycles. The van der Waals surface area contributed by atoms with Crippen molar-refractivity contribution in [1.82, 2.24) is 0 Å². The van der Waals surface area contributed by atoms with Crippen LogP contribution in [0, 0.1) is 11.8 Å². The lowest BCUT2D eigenvalue weighted by atomic mass is 9.81. The van der Waals surface area contributed by atoms with E-state index >= 15 is 0 Å². The molecule has 86 valence electrons. The molecule has 0 aromatic carbocycles. The fourth-order valence-electron chi connectivity index (χ4n) is 2.46. The van der Waals surface area contributed by atoms with Crippen LogP contribution in [0.2, 0.25) is 0 Å². The molecular formula is C11H18O3S. The molecular weight excluding hydrogens is 212 g/mol. The van der Waals surface area contributed by atoms with E-state index in [-0.39, 0.29) is 17.4 Å². The molecule has 1 N–H and O–H groups in total. The first-order valence-electron chi connectivity index (χ1n) is 5.51. The monoisotopic (exact) mass is 230 g/mol. The second-order valence-electron chi connectivity index (χ2n) is 5.13. The van der Waals surface area contributed by atoms with E-state index in [9.17, 15) is 13.5 Å². The summed E-state index contributed by atoms with van der Waals surface area (Å²) >= 11 is 0. The zero-order valence-electron chi connectivity index (χ0n) is 9.02.